The first-order valence-corrected chi connectivity index (χ1v) is 8.79. The maximum Gasteiger partial charge on any atom is 0.416 e. The number of anilines is 1. The molecular weight excluding hydrogens is 419 g/mol. The van der Waals surface area contributed by atoms with Gasteiger partial charge in [-0.15, -0.1) is 0 Å². The monoisotopic (exact) mass is 439 g/mol. The van der Waals surface area contributed by atoms with Crippen LogP contribution in [0.2, 0.25) is 0 Å². The second-order valence-corrected chi connectivity index (χ2v) is 6.15. The van der Waals surface area contributed by atoms with Crippen LogP contribution in [0, 0.1) is 0 Å². The van der Waals surface area contributed by atoms with Gasteiger partial charge in [0.1, 0.15) is 17.2 Å². The van der Waals surface area contributed by atoms with Crippen LogP contribution in [0.25, 0.3) is 0 Å². The molecule has 0 aliphatic rings. The van der Waals surface area contributed by atoms with Crippen molar-refractivity contribution in [3.8, 4) is 17.2 Å². The summed E-state index contributed by atoms with van der Waals surface area (Å²) in [6, 6.07) is 7.02. The summed E-state index contributed by atoms with van der Waals surface area (Å²) in [6.45, 7) is -0.176. The second-order valence-electron chi connectivity index (χ2n) is 6.15. The van der Waals surface area contributed by atoms with Crippen molar-refractivity contribution in [1.29, 1.82) is 0 Å². The molecule has 0 aliphatic carbocycles. The van der Waals surface area contributed by atoms with Gasteiger partial charge in [0.2, 0.25) is 0 Å². The molecule has 2 aromatic rings. The number of hydrogen-bond acceptors (Lipinski definition) is 5. The first-order valence-electron chi connectivity index (χ1n) is 8.79. The number of nitrogens with zero attached hydrogens (tertiary/aromatic N) is 1. The molecule has 0 bridgehead atoms. The summed E-state index contributed by atoms with van der Waals surface area (Å²) in [7, 11) is 4.24. The van der Waals surface area contributed by atoms with E-state index in [9.17, 15) is 22.8 Å². The van der Waals surface area contributed by atoms with Gasteiger partial charge in [-0.05, 0) is 24.3 Å². The number of carboxylic acid groups (broad SMARTS) is 1. The van der Waals surface area contributed by atoms with Gasteiger partial charge in [0.25, 0.3) is 5.91 Å². The number of aliphatic carboxylic acids is 1. The van der Waals surface area contributed by atoms with Gasteiger partial charge < -0.3 is 24.2 Å². The minimum absolute atomic E-state index is 0.118. The van der Waals surface area contributed by atoms with E-state index in [4.69, 9.17) is 19.3 Å². The molecule has 1 N–H and O–H groups in total. The fraction of sp³-hybridized carbons (Fsp3) is 0.238. The zero-order valence-electron chi connectivity index (χ0n) is 16.9. The summed E-state index contributed by atoms with van der Waals surface area (Å²) in [5.74, 6) is -1.07. The van der Waals surface area contributed by atoms with Crippen LogP contribution in [0.5, 0.6) is 17.2 Å². The number of alkyl halides is 3. The Labute approximate surface area is 176 Å². The molecule has 0 radical (unpaired) electrons. The molecule has 31 heavy (non-hydrogen) atoms. The highest BCUT2D eigenvalue weighted by molar-refractivity contribution is 6.04. The van der Waals surface area contributed by atoms with E-state index in [1.54, 1.807) is 12.1 Å². The predicted octanol–water partition coefficient (Wildman–Crippen LogP) is 3.91. The van der Waals surface area contributed by atoms with Crippen LogP contribution >= 0.6 is 0 Å². The topological polar surface area (TPSA) is 85.3 Å². The van der Waals surface area contributed by atoms with Crippen LogP contribution in [0.4, 0.5) is 18.9 Å². The van der Waals surface area contributed by atoms with Crippen LogP contribution in [-0.4, -0.2) is 38.3 Å². The lowest BCUT2D eigenvalue weighted by Gasteiger charge is -2.24. The number of halogens is 3. The molecule has 1 amide bonds. The lowest BCUT2D eigenvalue weighted by molar-refractivity contribution is -0.137. The number of carbonyl (C=O) groups is 2. The van der Waals surface area contributed by atoms with Crippen molar-refractivity contribution in [2.45, 2.75) is 12.7 Å². The Morgan fingerprint density at radius 2 is 1.52 bits per heavy atom. The van der Waals surface area contributed by atoms with Crippen molar-refractivity contribution in [2.75, 3.05) is 26.2 Å². The summed E-state index contributed by atoms with van der Waals surface area (Å²) >= 11 is 0. The fourth-order valence-electron chi connectivity index (χ4n) is 2.75. The average molecular weight is 439 g/mol. The molecule has 0 atom stereocenters. The molecule has 0 aliphatic heterocycles. The van der Waals surface area contributed by atoms with Gasteiger partial charge in [-0.25, -0.2) is 4.79 Å². The third-order valence-electron chi connectivity index (χ3n) is 4.27. The van der Waals surface area contributed by atoms with Crippen molar-refractivity contribution in [1.82, 2.24) is 0 Å². The Hall–Kier alpha value is -3.69. The lowest BCUT2D eigenvalue weighted by Crippen LogP contribution is -2.29. The predicted molar refractivity (Wildman–Crippen MR) is 106 cm³/mol. The standard InChI is InChI=1S/C21H20F3NO6/c1-29-15-10-17(30-2)16(18(11-15)31-3)12-25(19(26)8-9-20(27)28)14-6-4-13(5-7-14)21(22,23)24/h4-11H,12H2,1-3H3,(H,27,28)/b9-8-. The molecule has 0 unspecified atom stereocenters. The van der Waals surface area contributed by atoms with E-state index in [-0.39, 0.29) is 12.2 Å². The first kappa shape index (κ1) is 23.6. The molecule has 10 heteroatoms. The van der Waals surface area contributed by atoms with Crippen molar-refractivity contribution in [2.24, 2.45) is 0 Å². The fourth-order valence-corrected chi connectivity index (χ4v) is 2.75. The van der Waals surface area contributed by atoms with Crippen molar-refractivity contribution in [3.63, 3.8) is 0 Å². The number of methoxy groups -OCH3 is 3. The van der Waals surface area contributed by atoms with Gasteiger partial charge in [-0.1, -0.05) is 0 Å². The van der Waals surface area contributed by atoms with E-state index in [1.807, 2.05) is 0 Å². The number of amides is 1. The highest BCUT2D eigenvalue weighted by Gasteiger charge is 2.30. The van der Waals surface area contributed by atoms with E-state index in [0.29, 0.717) is 28.9 Å². The molecule has 2 rings (SSSR count). The summed E-state index contributed by atoms with van der Waals surface area (Å²) in [6.07, 6.45) is -3.09. The van der Waals surface area contributed by atoms with Gasteiger partial charge in [-0.3, -0.25) is 4.79 Å². The highest BCUT2D eigenvalue weighted by Crippen LogP contribution is 2.36. The molecule has 0 aromatic heterocycles. The van der Waals surface area contributed by atoms with Gasteiger partial charge in [0, 0.05) is 30.0 Å². The van der Waals surface area contributed by atoms with E-state index in [2.05, 4.69) is 0 Å². The Kier molecular flexibility index (Phi) is 7.51. The molecule has 0 saturated carbocycles. The molecule has 0 heterocycles. The van der Waals surface area contributed by atoms with Crippen molar-refractivity contribution in [3.05, 3.63) is 59.7 Å². The van der Waals surface area contributed by atoms with E-state index in [1.165, 1.54) is 21.3 Å². The van der Waals surface area contributed by atoms with Crippen LogP contribution in [0.3, 0.4) is 0 Å². The largest absolute Gasteiger partial charge is 0.496 e. The van der Waals surface area contributed by atoms with Crippen molar-refractivity contribution < 1.29 is 42.1 Å². The third-order valence-corrected chi connectivity index (χ3v) is 4.27. The number of hydrogen-bond donors (Lipinski definition) is 1. The summed E-state index contributed by atoms with van der Waals surface area (Å²) in [4.78, 5) is 24.6. The normalized spacial score (nSPS) is 11.3. The molecule has 7 nitrogen and oxygen atoms in total. The number of ether oxygens (including phenoxy) is 3. The average Bonchev–Trinajstić information content (AvgIpc) is 2.74. The molecule has 166 valence electrons. The number of rotatable bonds is 8. The zero-order valence-corrected chi connectivity index (χ0v) is 16.9. The van der Waals surface area contributed by atoms with Gasteiger partial charge in [0.15, 0.2) is 0 Å². The molecular formula is C21H20F3NO6. The summed E-state index contributed by atoms with van der Waals surface area (Å²) < 4.78 is 54.6. The number of benzene rings is 2. The Balaban J connectivity index is 2.54. The lowest BCUT2D eigenvalue weighted by atomic mass is 10.1. The second kappa shape index (κ2) is 9.88. The van der Waals surface area contributed by atoms with E-state index < -0.39 is 23.6 Å². The smallest absolute Gasteiger partial charge is 0.416 e. The molecule has 0 saturated heterocycles. The van der Waals surface area contributed by atoms with E-state index in [0.717, 1.165) is 35.2 Å². The van der Waals surface area contributed by atoms with Crippen LogP contribution in [0.1, 0.15) is 11.1 Å². The Morgan fingerprint density at radius 3 is 1.94 bits per heavy atom. The van der Waals surface area contributed by atoms with Crippen LogP contribution < -0.4 is 19.1 Å². The third kappa shape index (κ3) is 5.91. The molecule has 0 spiro atoms. The zero-order chi connectivity index (χ0) is 23.2. The maximum absolute atomic E-state index is 12.9. The Morgan fingerprint density at radius 1 is 0.968 bits per heavy atom. The number of carboxylic acids is 1. The van der Waals surface area contributed by atoms with Crippen LogP contribution in [0.15, 0.2) is 48.6 Å². The molecule has 2 aromatic carbocycles. The number of carbonyl (C=O) groups excluding carboxylic acids is 1. The van der Waals surface area contributed by atoms with Crippen LogP contribution in [-0.2, 0) is 22.3 Å². The summed E-state index contributed by atoms with van der Waals surface area (Å²) in [5.41, 5.74) is -0.361. The minimum atomic E-state index is -4.54. The molecule has 0 fully saturated rings. The maximum atomic E-state index is 12.9. The SMILES string of the molecule is COc1cc(OC)c(CN(C(=O)/C=C\C(=O)O)c2ccc(C(F)(F)F)cc2)c(OC)c1. The first-order chi connectivity index (χ1) is 14.6. The highest BCUT2D eigenvalue weighted by atomic mass is 19.4. The quantitative estimate of drug-likeness (QED) is 0.628. The van der Waals surface area contributed by atoms with E-state index >= 15 is 0 Å². The summed E-state index contributed by atoms with van der Waals surface area (Å²) in [5, 5.41) is 8.82. The van der Waals surface area contributed by atoms with Crippen molar-refractivity contribution >= 4 is 17.6 Å². The van der Waals surface area contributed by atoms with Gasteiger partial charge in [-0.2, -0.15) is 13.2 Å². The minimum Gasteiger partial charge on any atom is -0.496 e. The van der Waals surface area contributed by atoms with Gasteiger partial charge >= 0.3 is 12.1 Å². The Bertz CT molecular complexity index is 945. The van der Waals surface area contributed by atoms with Gasteiger partial charge in [0.05, 0.1) is 39.0 Å².